The van der Waals surface area contributed by atoms with E-state index >= 15 is 0 Å². The van der Waals surface area contributed by atoms with E-state index in [9.17, 15) is 19.9 Å². The van der Waals surface area contributed by atoms with Crippen LogP contribution in [0.5, 0.6) is 11.5 Å². The molecule has 0 bridgehead atoms. The lowest BCUT2D eigenvalue weighted by Crippen LogP contribution is -2.06. The molecule has 0 aliphatic heterocycles. The highest BCUT2D eigenvalue weighted by atomic mass is 16.5. The van der Waals surface area contributed by atoms with Crippen molar-refractivity contribution in [2.45, 2.75) is 0 Å². The zero-order valence-corrected chi connectivity index (χ0v) is 13.8. The molecule has 0 aliphatic carbocycles. The third-order valence-corrected chi connectivity index (χ3v) is 3.44. The number of ether oxygens (including phenoxy) is 2. The molecule has 0 aromatic heterocycles. The number of rotatable bonds is 5. The van der Waals surface area contributed by atoms with Crippen molar-refractivity contribution in [2.24, 2.45) is 5.11 Å². The molecule has 1 N–H and O–H groups in total. The van der Waals surface area contributed by atoms with Gasteiger partial charge in [0.05, 0.1) is 30.5 Å². The number of methoxy groups -OCH3 is 2. The number of hydroxylamine groups is 1. The first-order chi connectivity index (χ1) is 11.9. The van der Waals surface area contributed by atoms with Crippen LogP contribution in [0.25, 0.3) is 11.1 Å². The zero-order chi connectivity index (χ0) is 18.6. The highest BCUT2D eigenvalue weighted by Crippen LogP contribution is 2.32. The van der Waals surface area contributed by atoms with Crippen molar-refractivity contribution >= 4 is 11.9 Å². The fraction of sp³-hybridized carbons (Fsp3) is 0.176. The summed E-state index contributed by atoms with van der Waals surface area (Å²) in [4.78, 5) is 24.0. The third-order valence-electron chi connectivity index (χ3n) is 3.44. The first-order valence-electron chi connectivity index (χ1n) is 7.14. The standard InChI is InChI=1S/C17H16N2O6/c1-19(23)18-16(20)14-8-10(24-2)4-6-12(14)13-7-5-11(25-3)9-15(13)17(21)22/h4-9H,1-3H3,(H,21,22). The summed E-state index contributed by atoms with van der Waals surface area (Å²) in [5.41, 5.74) is 0.614. The summed E-state index contributed by atoms with van der Waals surface area (Å²) in [7, 11) is 3.93. The van der Waals surface area contributed by atoms with Gasteiger partial charge in [0.2, 0.25) is 0 Å². The lowest BCUT2D eigenvalue weighted by Gasteiger charge is -2.12. The van der Waals surface area contributed by atoms with Crippen LogP contribution in [0.15, 0.2) is 41.5 Å². The van der Waals surface area contributed by atoms with Gasteiger partial charge >= 0.3 is 11.9 Å². The Labute approximate surface area is 143 Å². The molecule has 0 spiro atoms. The van der Waals surface area contributed by atoms with Crippen molar-refractivity contribution in [3.05, 3.63) is 52.7 Å². The molecule has 2 aromatic carbocycles. The maximum atomic E-state index is 12.3. The molecule has 1 amide bonds. The van der Waals surface area contributed by atoms with Gasteiger partial charge in [0.15, 0.2) is 7.05 Å². The second-order valence-electron chi connectivity index (χ2n) is 5.00. The average molecular weight is 344 g/mol. The Hall–Kier alpha value is -3.42. The Kier molecular flexibility index (Phi) is 5.33. The summed E-state index contributed by atoms with van der Waals surface area (Å²) < 4.78 is 10.1. The SMILES string of the molecule is COc1ccc(-c2ccc(OC)cc2C(=O)N=[N+](C)[O-])c(C(=O)O)c1. The molecule has 0 radical (unpaired) electrons. The van der Waals surface area contributed by atoms with Crippen molar-refractivity contribution in [3.63, 3.8) is 0 Å². The van der Waals surface area contributed by atoms with E-state index in [0.717, 1.165) is 7.05 Å². The Bertz CT molecular complexity index is 856. The first kappa shape index (κ1) is 17.9. The molecular weight excluding hydrogens is 328 g/mol. The summed E-state index contributed by atoms with van der Waals surface area (Å²) in [6, 6.07) is 9.00. The van der Waals surface area contributed by atoms with Gasteiger partial charge in [-0.15, -0.1) is 0 Å². The molecule has 25 heavy (non-hydrogen) atoms. The minimum atomic E-state index is -1.18. The van der Waals surface area contributed by atoms with Gasteiger partial charge in [-0.25, -0.2) is 4.79 Å². The van der Waals surface area contributed by atoms with Crippen LogP contribution in [0, 0.1) is 5.21 Å². The number of amides is 1. The van der Waals surface area contributed by atoms with Crippen LogP contribution in [0.4, 0.5) is 0 Å². The number of carbonyl (C=O) groups is 2. The zero-order valence-electron chi connectivity index (χ0n) is 13.8. The normalized spacial score (nSPS) is 11.1. The molecule has 0 unspecified atom stereocenters. The van der Waals surface area contributed by atoms with Crippen LogP contribution in [-0.2, 0) is 0 Å². The van der Waals surface area contributed by atoms with E-state index in [1.807, 2.05) is 0 Å². The van der Waals surface area contributed by atoms with Gasteiger partial charge in [-0.05, 0) is 47.5 Å². The van der Waals surface area contributed by atoms with Crippen molar-refractivity contribution < 1.29 is 29.0 Å². The first-order valence-corrected chi connectivity index (χ1v) is 7.14. The average Bonchev–Trinajstić information content (AvgIpc) is 2.60. The van der Waals surface area contributed by atoms with E-state index in [-0.39, 0.29) is 16.0 Å². The number of carboxylic acid groups (broad SMARTS) is 1. The van der Waals surface area contributed by atoms with E-state index in [0.29, 0.717) is 22.6 Å². The van der Waals surface area contributed by atoms with Gasteiger partial charge in [-0.1, -0.05) is 4.86 Å². The number of azo groups is 1. The number of hydrogen-bond acceptors (Lipinski definition) is 5. The lowest BCUT2D eigenvalue weighted by atomic mass is 9.94. The molecule has 0 saturated heterocycles. The highest BCUT2D eigenvalue weighted by molar-refractivity contribution is 6.05. The summed E-state index contributed by atoms with van der Waals surface area (Å²) in [6.07, 6.45) is 0. The van der Waals surface area contributed by atoms with E-state index in [4.69, 9.17) is 9.47 Å². The summed E-state index contributed by atoms with van der Waals surface area (Å²) >= 11 is 0. The smallest absolute Gasteiger partial charge is 0.340 e. The second kappa shape index (κ2) is 7.43. The minimum absolute atomic E-state index is 0.0472. The maximum absolute atomic E-state index is 12.3. The number of aromatic carboxylic acids is 1. The Morgan fingerprint density at radius 2 is 1.48 bits per heavy atom. The Morgan fingerprint density at radius 1 is 1.00 bits per heavy atom. The topological polar surface area (TPSA) is 111 Å². The maximum Gasteiger partial charge on any atom is 0.340 e. The van der Waals surface area contributed by atoms with E-state index < -0.39 is 11.9 Å². The fourth-order valence-corrected chi connectivity index (χ4v) is 2.31. The van der Waals surface area contributed by atoms with Crippen LogP contribution >= 0.6 is 0 Å². The molecule has 0 heterocycles. The largest absolute Gasteiger partial charge is 0.600 e. The summed E-state index contributed by atoms with van der Waals surface area (Å²) in [6.45, 7) is 0. The van der Waals surface area contributed by atoms with E-state index in [2.05, 4.69) is 5.11 Å². The van der Waals surface area contributed by atoms with Gasteiger partial charge in [-0.2, -0.15) is 0 Å². The fourth-order valence-electron chi connectivity index (χ4n) is 2.31. The molecule has 2 aromatic rings. The molecule has 130 valence electrons. The van der Waals surface area contributed by atoms with Crippen LogP contribution in [0.1, 0.15) is 20.7 Å². The van der Waals surface area contributed by atoms with Gasteiger partial charge in [0.1, 0.15) is 11.5 Å². The molecule has 2 rings (SSSR count). The third kappa shape index (κ3) is 3.92. The number of benzene rings is 2. The molecule has 0 aliphatic rings. The van der Waals surface area contributed by atoms with Gasteiger partial charge in [0, 0.05) is 0 Å². The number of nitrogens with zero attached hydrogens (tertiary/aromatic N) is 2. The van der Waals surface area contributed by atoms with Crippen molar-refractivity contribution in [1.82, 2.24) is 0 Å². The molecular formula is C17H16N2O6. The molecule has 0 fully saturated rings. The van der Waals surface area contributed by atoms with Gasteiger partial charge < -0.3 is 19.8 Å². The van der Waals surface area contributed by atoms with Crippen LogP contribution in [0.2, 0.25) is 0 Å². The van der Waals surface area contributed by atoms with Crippen molar-refractivity contribution in [2.75, 3.05) is 21.3 Å². The predicted molar refractivity (Wildman–Crippen MR) is 88.3 cm³/mol. The van der Waals surface area contributed by atoms with Gasteiger partial charge in [0.25, 0.3) is 0 Å². The lowest BCUT2D eigenvalue weighted by molar-refractivity contribution is -0.492. The van der Waals surface area contributed by atoms with Crippen molar-refractivity contribution in [1.29, 1.82) is 0 Å². The number of hydrogen-bond donors (Lipinski definition) is 1. The highest BCUT2D eigenvalue weighted by Gasteiger charge is 2.21. The predicted octanol–water partition coefficient (Wildman–Crippen LogP) is 2.80. The van der Waals surface area contributed by atoms with Crippen LogP contribution in [0.3, 0.4) is 0 Å². The minimum Gasteiger partial charge on any atom is -0.600 e. The second-order valence-corrected chi connectivity index (χ2v) is 5.00. The molecule has 0 saturated carbocycles. The van der Waals surface area contributed by atoms with Crippen LogP contribution in [-0.4, -0.2) is 43.1 Å². The monoisotopic (exact) mass is 344 g/mol. The summed E-state index contributed by atoms with van der Waals surface area (Å²) in [5, 5.41) is 23.9. The number of carboxylic acids is 1. The quantitative estimate of drug-likeness (QED) is 0.507. The molecule has 8 heteroatoms. The van der Waals surface area contributed by atoms with Gasteiger partial charge in [-0.3, -0.25) is 4.79 Å². The Balaban J connectivity index is 2.73. The van der Waals surface area contributed by atoms with Crippen molar-refractivity contribution in [3.8, 4) is 22.6 Å². The number of carbonyl (C=O) groups excluding carboxylic acids is 1. The van der Waals surface area contributed by atoms with E-state index in [1.54, 1.807) is 18.2 Å². The molecule has 8 nitrogen and oxygen atoms in total. The Morgan fingerprint density at radius 3 is 1.92 bits per heavy atom. The van der Waals surface area contributed by atoms with Crippen LogP contribution < -0.4 is 9.47 Å². The summed E-state index contributed by atoms with van der Waals surface area (Å²) in [5.74, 6) is -1.24. The van der Waals surface area contributed by atoms with E-state index in [1.165, 1.54) is 32.4 Å². The molecule has 0 atom stereocenters.